The Bertz CT molecular complexity index is 707. The lowest BCUT2D eigenvalue weighted by molar-refractivity contribution is -0.116. The van der Waals surface area contributed by atoms with E-state index in [2.05, 4.69) is 10.6 Å². The van der Waals surface area contributed by atoms with Crippen molar-refractivity contribution in [1.29, 1.82) is 0 Å². The van der Waals surface area contributed by atoms with Gasteiger partial charge in [0.05, 0.1) is 17.1 Å². The van der Waals surface area contributed by atoms with Gasteiger partial charge in [-0.05, 0) is 42.7 Å². The molecule has 2 aromatic carbocycles. The second-order valence-electron chi connectivity index (χ2n) is 5.20. The fourth-order valence-electron chi connectivity index (χ4n) is 2.48. The monoisotopic (exact) mass is 285 g/mol. The minimum Gasteiger partial charge on any atom is -0.397 e. The molecule has 3 rings (SSSR count). The molecule has 4 N–H and O–H groups in total. The molecule has 1 aliphatic heterocycles. The number of rotatable bonds is 2. The summed E-state index contributed by atoms with van der Waals surface area (Å²) in [4.78, 5) is 11.5. The second kappa shape index (κ2) is 5.09. The molecular formula is C16H16FN3O. The summed E-state index contributed by atoms with van der Waals surface area (Å²) in [6.45, 7) is 1.82. The van der Waals surface area contributed by atoms with Crippen LogP contribution in [0.15, 0.2) is 30.3 Å². The van der Waals surface area contributed by atoms with Crippen molar-refractivity contribution in [1.82, 2.24) is 0 Å². The summed E-state index contributed by atoms with van der Waals surface area (Å²) in [7, 11) is 0. The fourth-order valence-corrected chi connectivity index (χ4v) is 2.48. The van der Waals surface area contributed by atoms with E-state index in [1.54, 1.807) is 12.1 Å². The molecule has 0 atom stereocenters. The molecule has 1 heterocycles. The van der Waals surface area contributed by atoms with Gasteiger partial charge in [0, 0.05) is 12.1 Å². The molecule has 0 fully saturated rings. The fraction of sp³-hybridized carbons (Fsp3) is 0.188. The van der Waals surface area contributed by atoms with Gasteiger partial charge >= 0.3 is 0 Å². The Labute approximate surface area is 122 Å². The number of nitrogens with one attached hydrogen (secondary N) is 2. The molecule has 0 saturated carbocycles. The number of amides is 1. The average Bonchev–Trinajstić information content (AvgIpc) is 2.44. The van der Waals surface area contributed by atoms with E-state index in [4.69, 9.17) is 5.73 Å². The summed E-state index contributed by atoms with van der Waals surface area (Å²) in [5.41, 5.74) is 10.1. The van der Waals surface area contributed by atoms with Crippen LogP contribution in [0.2, 0.25) is 0 Å². The van der Waals surface area contributed by atoms with Gasteiger partial charge in [0.1, 0.15) is 5.82 Å². The number of halogens is 1. The predicted molar refractivity (Wildman–Crippen MR) is 82.2 cm³/mol. The number of fused-ring (bicyclic) bond motifs is 1. The maximum absolute atomic E-state index is 13.9. The SMILES string of the molecule is Cc1cccc(F)c1Nc1cc2c(cc1N)CCC(=O)N2. The standard InChI is InChI=1S/C16H16FN3O/c1-9-3-2-4-11(17)16(9)20-14-8-13-10(7-12(14)18)5-6-15(21)19-13/h2-4,7-8,20H,5-6,18H2,1H3,(H,19,21). The molecular weight excluding hydrogens is 269 g/mol. The molecule has 2 aromatic rings. The highest BCUT2D eigenvalue weighted by atomic mass is 19.1. The molecule has 0 aromatic heterocycles. The lowest BCUT2D eigenvalue weighted by Gasteiger charge is -2.20. The third-order valence-corrected chi connectivity index (χ3v) is 3.65. The smallest absolute Gasteiger partial charge is 0.224 e. The largest absolute Gasteiger partial charge is 0.397 e. The topological polar surface area (TPSA) is 67.1 Å². The summed E-state index contributed by atoms with van der Waals surface area (Å²) < 4.78 is 13.9. The third-order valence-electron chi connectivity index (χ3n) is 3.65. The van der Waals surface area contributed by atoms with Crippen molar-refractivity contribution in [2.75, 3.05) is 16.4 Å². The molecule has 0 unspecified atom stereocenters. The number of anilines is 4. The molecule has 5 heteroatoms. The zero-order valence-electron chi connectivity index (χ0n) is 11.7. The van der Waals surface area contributed by atoms with Gasteiger partial charge in [-0.25, -0.2) is 4.39 Å². The first kappa shape index (κ1) is 13.4. The number of para-hydroxylation sites is 1. The summed E-state index contributed by atoms with van der Waals surface area (Å²) in [5.74, 6) is -0.351. The Hall–Kier alpha value is -2.56. The van der Waals surface area contributed by atoms with Gasteiger partial charge in [0.25, 0.3) is 0 Å². The maximum atomic E-state index is 13.9. The highest BCUT2D eigenvalue weighted by Gasteiger charge is 2.17. The molecule has 0 radical (unpaired) electrons. The van der Waals surface area contributed by atoms with Crippen molar-refractivity contribution >= 4 is 28.7 Å². The minimum absolute atomic E-state index is 0.0136. The van der Waals surface area contributed by atoms with Gasteiger partial charge in [-0.1, -0.05) is 12.1 Å². The first-order valence-corrected chi connectivity index (χ1v) is 6.79. The Morgan fingerprint density at radius 1 is 1.29 bits per heavy atom. The van der Waals surface area contributed by atoms with Crippen LogP contribution < -0.4 is 16.4 Å². The van der Waals surface area contributed by atoms with E-state index >= 15 is 0 Å². The number of nitrogens with two attached hydrogens (primary N) is 1. The number of hydrogen-bond acceptors (Lipinski definition) is 3. The number of benzene rings is 2. The molecule has 0 saturated heterocycles. The molecule has 0 spiro atoms. The van der Waals surface area contributed by atoms with E-state index in [-0.39, 0.29) is 11.7 Å². The van der Waals surface area contributed by atoms with Crippen molar-refractivity contribution in [2.45, 2.75) is 19.8 Å². The first-order valence-electron chi connectivity index (χ1n) is 6.79. The van der Waals surface area contributed by atoms with Gasteiger partial charge < -0.3 is 16.4 Å². The van der Waals surface area contributed by atoms with Crippen LogP contribution in [0, 0.1) is 12.7 Å². The van der Waals surface area contributed by atoms with Crippen LogP contribution in [0.4, 0.5) is 27.1 Å². The van der Waals surface area contributed by atoms with E-state index in [1.807, 2.05) is 19.1 Å². The summed E-state index contributed by atoms with van der Waals surface area (Å²) in [6.07, 6.45) is 1.13. The van der Waals surface area contributed by atoms with Crippen molar-refractivity contribution in [3.63, 3.8) is 0 Å². The van der Waals surface area contributed by atoms with Gasteiger partial charge in [-0.2, -0.15) is 0 Å². The summed E-state index contributed by atoms with van der Waals surface area (Å²) in [6, 6.07) is 8.46. The Kier molecular flexibility index (Phi) is 3.25. The van der Waals surface area contributed by atoms with E-state index in [0.29, 0.717) is 29.9 Å². The Balaban J connectivity index is 1.99. The molecule has 1 amide bonds. The molecule has 21 heavy (non-hydrogen) atoms. The van der Waals surface area contributed by atoms with Crippen LogP contribution in [0.1, 0.15) is 17.5 Å². The number of aryl methyl sites for hydroxylation is 2. The van der Waals surface area contributed by atoms with Crippen LogP contribution in [0.5, 0.6) is 0 Å². The zero-order chi connectivity index (χ0) is 15.0. The van der Waals surface area contributed by atoms with Crippen LogP contribution in [-0.2, 0) is 11.2 Å². The molecule has 1 aliphatic rings. The van der Waals surface area contributed by atoms with Gasteiger partial charge in [-0.3, -0.25) is 4.79 Å². The highest BCUT2D eigenvalue weighted by molar-refractivity contribution is 5.96. The number of hydrogen-bond donors (Lipinski definition) is 3. The van der Waals surface area contributed by atoms with Crippen LogP contribution in [-0.4, -0.2) is 5.91 Å². The van der Waals surface area contributed by atoms with Crippen molar-refractivity contribution in [3.05, 3.63) is 47.3 Å². The highest BCUT2D eigenvalue weighted by Crippen LogP contribution is 2.34. The second-order valence-corrected chi connectivity index (χ2v) is 5.20. The van der Waals surface area contributed by atoms with Gasteiger partial charge in [0.2, 0.25) is 5.91 Å². The van der Waals surface area contributed by atoms with Crippen molar-refractivity contribution in [2.24, 2.45) is 0 Å². The zero-order valence-corrected chi connectivity index (χ0v) is 11.7. The van der Waals surface area contributed by atoms with Crippen molar-refractivity contribution in [3.8, 4) is 0 Å². The number of carbonyl (C=O) groups excluding carboxylic acids is 1. The van der Waals surface area contributed by atoms with Crippen LogP contribution in [0.25, 0.3) is 0 Å². The third kappa shape index (κ3) is 2.54. The molecule has 108 valence electrons. The number of carbonyl (C=O) groups is 1. The molecule has 0 bridgehead atoms. The van der Waals surface area contributed by atoms with E-state index < -0.39 is 0 Å². The predicted octanol–water partition coefficient (Wildman–Crippen LogP) is 3.34. The molecule has 4 nitrogen and oxygen atoms in total. The lowest BCUT2D eigenvalue weighted by atomic mass is 10.0. The van der Waals surface area contributed by atoms with Crippen molar-refractivity contribution < 1.29 is 9.18 Å². The van der Waals surface area contributed by atoms with Gasteiger partial charge in [0.15, 0.2) is 0 Å². The van der Waals surface area contributed by atoms with E-state index in [9.17, 15) is 9.18 Å². The summed E-state index contributed by atoms with van der Waals surface area (Å²) in [5, 5.41) is 5.84. The normalized spacial score (nSPS) is 13.5. The lowest BCUT2D eigenvalue weighted by Crippen LogP contribution is -2.19. The minimum atomic E-state index is -0.337. The molecule has 0 aliphatic carbocycles. The van der Waals surface area contributed by atoms with Gasteiger partial charge in [-0.15, -0.1) is 0 Å². The van der Waals surface area contributed by atoms with Crippen LogP contribution in [0.3, 0.4) is 0 Å². The maximum Gasteiger partial charge on any atom is 0.224 e. The average molecular weight is 285 g/mol. The van der Waals surface area contributed by atoms with Crippen LogP contribution >= 0.6 is 0 Å². The van der Waals surface area contributed by atoms with E-state index in [0.717, 1.165) is 16.8 Å². The van der Waals surface area contributed by atoms with E-state index in [1.165, 1.54) is 6.07 Å². The number of nitrogen functional groups attached to an aromatic ring is 1. The quantitative estimate of drug-likeness (QED) is 0.741. The summed E-state index contributed by atoms with van der Waals surface area (Å²) >= 11 is 0. The first-order chi connectivity index (χ1) is 10.0. The Morgan fingerprint density at radius 3 is 2.86 bits per heavy atom. The Morgan fingerprint density at radius 2 is 2.10 bits per heavy atom.